The van der Waals surface area contributed by atoms with Gasteiger partial charge in [-0.25, -0.2) is 42.6 Å². The number of carboxylic acid groups (broad SMARTS) is 3. The zero-order chi connectivity index (χ0) is 73.8. The van der Waals surface area contributed by atoms with Crippen LogP contribution in [0.1, 0.15) is 161 Å². The van der Waals surface area contributed by atoms with E-state index < -0.39 is 30.1 Å². The molecule has 0 radical (unpaired) electrons. The monoisotopic (exact) mass is 1490 g/mol. The van der Waals surface area contributed by atoms with Crippen molar-refractivity contribution >= 4 is 59.2 Å². The second kappa shape index (κ2) is 36.3. The third-order valence-corrected chi connectivity index (χ3v) is 22.4. The van der Waals surface area contributed by atoms with Crippen LogP contribution in [-0.2, 0) is 22.6 Å². The summed E-state index contributed by atoms with van der Waals surface area (Å²) in [5, 5.41) is 68.5. The van der Waals surface area contributed by atoms with Crippen LogP contribution in [0.15, 0.2) is 192 Å². The Kier molecular flexibility index (Phi) is 26.1. The second-order valence-electron chi connectivity index (χ2n) is 25.0. The molecular weight excluding hydrogens is 1410 g/mol. The van der Waals surface area contributed by atoms with E-state index in [1.165, 1.54) is 28.5 Å². The second-order valence-corrected chi connectivity index (χ2v) is 28.9. The Morgan fingerprint density at radius 2 is 0.838 bits per heavy atom. The van der Waals surface area contributed by atoms with Gasteiger partial charge in [0.15, 0.2) is 5.03 Å². The molecule has 3 saturated carbocycles. The van der Waals surface area contributed by atoms with Crippen LogP contribution in [-0.4, -0.2) is 157 Å². The number of carboxylic acids is 3. The summed E-state index contributed by atoms with van der Waals surface area (Å²) in [6.07, 6.45) is 18.9. The van der Waals surface area contributed by atoms with Crippen LogP contribution in [0.25, 0.3) is 17.1 Å². The topological polar surface area (TPSA) is 313 Å². The van der Waals surface area contributed by atoms with E-state index in [0.29, 0.717) is 68.9 Å². The Balaban J connectivity index is 0.000000152. The van der Waals surface area contributed by atoms with E-state index in [2.05, 4.69) is 124 Å². The van der Waals surface area contributed by atoms with Gasteiger partial charge in [0.2, 0.25) is 17.1 Å². The van der Waals surface area contributed by atoms with Crippen molar-refractivity contribution in [1.82, 2.24) is 74.7 Å². The molecule has 25 nitrogen and oxygen atoms in total. The number of aromatic carboxylic acids is 2. The minimum Gasteiger partial charge on any atom is -0.497 e. The fourth-order valence-electron chi connectivity index (χ4n) is 12.7. The summed E-state index contributed by atoms with van der Waals surface area (Å²) >= 11 is 4.83. The molecular formula is C74H78F3N15O10S3. The lowest BCUT2D eigenvalue weighted by molar-refractivity contribution is -0.192. The van der Waals surface area contributed by atoms with Gasteiger partial charge in [0.05, 0.1) is 51.0 Å². The van der Waals surface area contributed by atoms with Crippen molar-refractivity contribution in [2.45, 2.75) is 152 Å². The molecule has 0 bridgehead atoms. The number of carbonyl (C=O) groups is 4. The van der Waals surface area contributed by atoms with E-state index in [4.69, 9.17) is 29.2 Å². The van der Waals surface area contributed by atoms with Gasteiger partial charge in [0.1, 0.15) is 21.6 Å². The maximum atomic E-state index is 12.6. The Bertz CT molecular complexity index is 4540. The summed E-state index contributed by atoms with van der Waals surface area (Å²) in [7, 11) is 3.28. The van der Waals surface area contributed by atoms with E-state index in [1.54, 1.807) is 67.9 Å². The van der Waals surface area contributed by atoms with Crippen molar-refractivity contribution in [2.75, 3.05) is 20.8 Å². The van der Waals surface area contributed by atoms with Gasteiger partial charge in [-0.15, -0.1) is 43.9 Å². The molecule has 5 aromatic carbocycles. The number of nitrogens with zero attached hydrogens (tertiary/aromatic N) is 14. The van der Waals surface area contributed by atoms with Crippen LogP contribution in [0.3, 0.4) is 0 Å². The third-order valence-electron chi connectivity index (χ3n) is 18.3. The van der Waals surface area contributed by atoms with Gasteiger partial charge in [0, 0.05) is 52.9 Å². The third kappa shape index (κ3) is 20.5. The van der Waals surface area contributed by atoms with Crippen LogP contribution in [0.4, 0.5) is 13.2 Å². The SMILES string of the molecule is CCOC(=O)c1nnn(Cc2ccc(OC)cc2)c1SC1CCC(c2ccc(-n3cccn3)cc2)CC1.COc1ccc(Cn2nnc(C(=O)O)c2SC2CCC(c3ccc(-n4cccn4)cc3)CC2)cc1.O=C(O)C(F)(F)F.O=C(O)c1n[nH]nc1SC1CCC(c2ccc(-n3cccn3)cc2)CC1. The molecule has 0 aliphatic heterocycles. The highest BCUT2D eigenvalue weighted by molar-refractivity contribution is 8.00. The minimum atomic E-state index is -5.08. The lowest BCUT2D eigenvalue weighted by Crippen LogP contribution is -2.21. The molecule has 548 valence electrons. The maximum absolute atomic E-state index is 12.6. The lowest BCUT2D eigenvalue weighted by Gasteiger charge is -2.28. The predicted octanol–water partition coefficient (Wildman–Crippen LogP) is 14.7. The fraction of sp³-hybridized carbons (Fsp3) is 0.338. The van der Waals surface area contributed by atoms with Crippen molar-refractivity contribution < 1.29 is 61.9 Å². The van der Waals surface area contributed by atoms with E-state index in [1.807, 2.05) is 104 Å². The molecule has 4 N–H and O–H groups in total. The number of ether oxygens (including phenoxy) is 3. The minimum absolute atomic E-state index is 0.0198. The number of thioether (sulfide) groups is 3. The number of methoxy groups -OCH3 is 2. The van der Waals surface area contributed by atoms with Gasteiger partial charge < -0.3 is 29.5 Å². The Morgan fingerprint density at radius 3 is 1.16 bits per heavy atom. The average Bonchev–Trinajstić information content (AvgIpc) is 1.69. The highest BCUT2D eigenvalue weighted by atomic mass is 32.2. The normalized spacial score (nSPS) is 17.8. The van der Waals surface area contributed by atoms with Gasteiger partial charge in [-0.05, 0) is 208 Å². The number of hydrogen-bond donors (Lipinski definition) is 4. The Morgan fingerprint density at radius 1 is 0.486 bits per heavy atom. The van der Waals surface area contributed by atoms with Crippen molar-refractivity contribution in [1.29, 1.82) is 0 Å². The molecule has 0 saturated heterocycles. The molecule has 0 atom stereocenters. The maximum Gasteiger partial charge on any atom is 0.490 e. The number of halogens is 3. The van der Waals surface area contributed by atoms with Crippen molar-refractivity contribution in [2.24, 2.45) is 0 Å². The predicted molar refractivity (Wildman–Crippen MR) is 387 cm³/mol. The number of esters is 1. The Hall–Kier alpha value is -10.5. The van der Waals surface area contributed by atoms with E-state index >= 15 is 0 Å². The smallest absolute Gasteiger partial charge is 0.490 e. The average molecular weight is 1490 g/mol. The van der Waals surface area contributed by atoms with Gasteiger partial charge in [-0.1, -0.05) is 82.9 Å². The fourth-order valence-corrected chi connectivity index (χ4v) is 16.5. The van der Waals surface area contributed by atoms with Crippen molar-refractivity contribution in [3.8, 4) is 28.6 Å². The number of carbonyl (C=O) groups excluding carboxylic acids is 1. The van der Waals surface area contributed by atoms with Crippen molar-refractivity contribution in [3.05, 3.63) is 222 Å². The van der Waals surface area contributed by atoms with Gasteiger partial charge in [0.25, 0.3) is 0 Å². The molecule has 6 heterocycles. The highest BCUT2D eigenvalue weighted by Crippen LogP contribution is 2.44. The summed E-state index contributed by atoms with van der Waals surface area (Å²) in [4.78, 5) is 44.5. The molecule has 0 amide bonds. The Labute approximate surface area is 615 Å². The number of aromatic nitrogens is 15. The molecule has 3 fully saturated rings. The number of benzene rings is 5. The number of rotatable bonds is 22. The van der Waals surface area contributed by atoms with Crippen LogP contribution < -0.4 is 9.47 Å². The van der Waals surface area contributed by atoms with Crippen LogP contribution in [0.5, 0.6) is 11.5 Å². The number of nitrogens with one attached hydrogen (secondary N) is 1. The summed E-state index contributed by atoms with van der Waals surface area (Å²) in [6, 6.07) is 47.3. The molecule has 105 heavy (non-hydrogen) atoms. The lowest BCUT2D eigenvalue weighted by atomic mass is 9.84. The zero-order valence-corrected chi connectivity index (χ0v) is 60.1. The van der Waals surface area contributed by atoms with Gasteiger partial charge >= 0.3 is 30.1 Å². The first kappa shape index (κ1) is 75.6. The summed E-state index contributed by atoms with van der Waals surface area (Å²) in [6.45, 7) is 3.09. The number of aliphatic carboxylic acids is 1. The molecule has 11 aromatic rings. The molecule has 3 aliphatic rings. The van der Waals surface area contributed by atoms with Crippen LogP contribution >= 0.6 is 35.3 Å². The molecule has 31 heteroatoms. The van der Waals surface area contributed by atoms with Crippen LogP contribution in [0.2, 0.25) is 0 Å². The van der Waals surface area contributed by atoms with E-state index in [-0.39, 0.29) is 11.4 Å². The van der Waals surface area contributed by atoms with Gasteiger partial charge in [-0.2, -0.15) is 33.7 Å². The summed E-state index contributed by atoms with van der Waals surface area (Å²) in [5.74, 6) is -2.07. The van der Waals surface area contributed by atoms with Gasteiger partial charge in [-0.3, -0.25) is 0 Å². The first-order valence-electron chi connectivity index (χ1n) is 34.2. The summed E-state index contributed by atoms with van der Waals surface area (Å²) < 4.78 is 56.6. The molecule has 3 aliphatic carbocycles. The zero-order valence-electron chi connectivity index (χ0n) is 57.6. The quantitative estimate of drug-likeness (QED) is 0.0458. The molecule has 6 aromatic heterocycles. The molecule has 0 unspecified atom stereocenters. The van der Waals surface area contributed by atoms with Crippen molar-refractivity contribution in [3.63, 3.8) is 0 Å². The van der Waals surface area contributed by atoms with Crippen LogP contribution in [0, 0.1) is 0 Å². The molecule has 14 rings (SSSR count). The number of H-pyrrole nitrogens is 1. The number of hydrogen-bond acceptors (Lipinski definition) is 19. The van der Waals surface area contributed by atoms with E-state index in [0.717, 1.165) is 122 Å². The number of alkyl halides is 3. The molecule has 0 spiro atoms. The first-order chi connectivity index (χ1) is 50.9. The standard InChI is InChI=1S/C28H31N5O3S.C26H27N5O3S.C18H19N5O2S.C2HF3O2/c1-3-36-28(34)26-27(33(31-30-26)19-20-5-13-24(35-2)14-6-20)37-25-15-9-22(10-16-25)21-7-11-23(12-8-21)32-18-4-17-29-32;1-34-22-11-3-18(4-12-22)17-31-25(24(26(32)33)28-29-31)35-23-13-7-20(8-14-23)19-5-9-21(10-6-19)30-16-2-15-27-30;24-18(25)16-17(21-22-20-16)26-15-8-4-13(5-9-15)12-2-6-14(7-3-12)23-11-1-10-19-23;3-2(4,5)1(6)7/h4-8,11-14,17-18,22,25H,3,9-10,15-16,19H2,1-2H3;2-6,9-12,15-16,20,23H,7-8,13-14,17H2,1H3,(H,32,33);1-3,6-7,10-11,13,15H,4-5,8-9H2,(H,24,25)(H,20,21,22);(H,6,7). The summed E-state index contributed by atoms with van der Waals surface area (Å²) in [5.41, 5.74) is 9.69. The largest absolute Gasteiger partial charge is 0.497 e. The van der Waals surface area contributed by atoms with E-state index in [9.17, 15) is 32.7 Å². The first-order valence-corrected chi connectivity index (χ1v) is 36.8. The number of aromatic amines is 1. The highest BCUT2D eigenvalue weighted by Gasteiger charge is 2.38.